The number of carbonyl (C=O) groups excluding carboxylic acids is 1. The highest BCUT2D eigenvalue weighted by molar-refractivity contribution is 9.10. The fourth-order valence-corrected chi connectivity index (χ4v) is 2.74. The molecule has 0 atom stereocenters. The van der Waals surface area contributed by atoms with Gasteiger partial charge in [-0.2, -0.15) is 0 Å². The smallest absolute Gasteiger partial charge is 0.230 e. The van der Waals surface area contributed by atoms with E-state index in [9.17, 15) is 4.79 Å². The maximum atomic E-state index is 12.1. The number of halogens is 1. The van der Waals surface area contributed by atoms with Crippen LogP contribution in [0.4, 0.5) is 11.4 Å². The van der Waals surface area contributed by atoms with Crippen LogP contribution in [-0.4, -0.2) is 10.9 Å². The fourth-order valence-electron chi connectivity index (χ4n) is 1.96. The monoisotopic (exact) mass is 333 g/mol. The number of nitrogens with one attached hydrogen (secondary N) is 1. The number of rotatable bonds is 3. The number of nitrogen functional groups attached to an aromatic ring is 1. The van der Waals surface area contributed by atoms with Crippen molar-refractivity contribution in [2.45, 2.75) is 20.3 Å². The first-order chi connectivity index (χ1) is 9.45. The zero-order valence-electron chi connectivity index (χ0n) is 11.4. The molecule has 1 aromatic carbocycles. The van der Waals surface area contributed by atoms with Gasteiger partial charge in [0.1, 0.15) is 0 Å². The molecule has 1 amide bonds. The summed E-state index contributed by atoms with van der Waals surface area (Å²) in [6, 6.07) is 7.50. The first kappa shape index (κ1) is 14.5. The van der Waals surface area contributed by atoms with Crippen molar-refractivity contribution in [3.05, 3.63) is 51.8 Å². The molecular formula is C15H16BrN3O. The number of aromatic nitrogens is 1. The second-order valence-corrected chi connectivity index (χ2v) is 5.60. The number of aryl methyl sites for hydroxylation is 2. The number of nitrogens with zero attached hydrogens (tertiary/aromatic N) is 1. The Labute approximate surface area is 126 Å². The lowest BCUT2D eigenvalue weighted by molar-refractivity contribution is -0.115. The molecule has 0 radical (unpaired) electrons. The van der Waals surface area contributed by atoms with Crippen LogP contribution < -0.4 is 11.1 Å². The number of hydrogen-bond acceptors (Lipinski definition) is 3. The van der Waals surface area contributed by atoms with Crippen LogP contribution in [0.2, 0.25) is 0 Å². The van der Waals surface area contributed by atoms with Crippen LogP contribution in [-0.2, 0) is 11.2 Å². The van der Waals surface area contributed by atoms with E-state index >= 15 is 0 Å². The van der Waals surface area contributed by atoms with Gasteiger partial charge >= 0.3 is 0 Å². The maximum Gasteiger partial charge on any atom is 0.230 e. The largest absolute Gasteiger partial charge is 0.397 e. The Kier molecular flexibility index (Phi) is 4.39. The second kappa shape index (κ2) is 6.05. The molecule has 104 valence electrons. The Bertz CT molecular complexity index is 615. The van der Waals surface area contributed by atoms with E-state index in [2.05, 4.69) is 26.2 Å². The van der Waals surface area contributed by atoms with E-state index < -0.39 is 0 Å². The number of anilines is 2. The van der Waals surface area contributed by atoms with Gasteiger partial charge in [0.2, 0.25) is 5.91 Å². The molecule has 0 spiro atoms. The molecule has 0 aliphatic carbocycles. The van der Waals surface area contributed by atoms with Gasteiger partial charge in [-0.1, -0.05) is 6.07 Å². The maximum absolute atomic E-state index is 12.1. The van der Waals surface area contributed by atoms with E-state index in [1.807, 2.05) is 26.0 Å². The van der Waals surface area contributed by atoms with Crippen molar-refractivity contribution >= 4 is 33.2 Å². The van der Waals surface area contributed by atoms with E-state index in [-0.39, 0.29) is 12.3 Å². The summed E-state index contributed by atoms with van der Waals surface area (Å²) < 4.78 is 0.883. The van der Waals surface area contributed by atoms with Crippen LogP contribution in [0.1, 0.15) is 16.8 Å². The van der Waals surface area contributed by atoms with Crippen LogP contribution in [0.15, 0.2) is 34.9 Å². The number of pyridine rings is 1. The molecule has 0 bridgehead atoms. The van der Waals surface area contributed by atoms with Gasteiger partial charge < -0.3 is 11.1 Å². The molecule has 0 saturated heterocycles. The van der Waals surface area contributed by atoms with E-state index in [1.54, 1.807) is 18.3 Å². The quantitative estimate of drug-likeness (QED) is 0.906. The zero-order valence-corrected chi connectivity index (χ0v) is 13.0. The number of amides is 1. The van der Waals surface area contributed by atoms with E-state index in [0.717, 1.165) is 21.3 Å². The highest BCUT2D eigenvalue weighted by Crippen LogP contribution is 2.27. The van der Waals surface area contributed by atoms with E-state index in [0.29, 0.717) is 11.4 Å². The molecule has 3 N–H and O–H groups in total. The second-order valence-electron chi connectivity index (χ2n) is 4.75. The van der Waals surface area contributed by atoms with Gasteiger partial charge in [0, 0.05) is 10.2 Å². The van der Waals surface area contributed by atoms with Crippen molar-refractivity contribution in [2.24, 2.45) is 0 Å². The number of hydrogen-bond donors (Lipinski definition) is 2. The molecule has 4 nitrogen and oxygen atoms in total. The molecule has 1 aromatic heterocycles. The topological polar surface area (TPSA) is 68.0 Å². The summed E-state index contributed by atoms with van der Waals surface area (Å²) in [5.74, 6) is -0.102. The van der Waals surface area contributed by atoms with Crippen molar-refractivity contribution in [1.29, 1.82) is 0 Å². The summed E-state index contributed by atoms with van der Waals surface area (Å²) in [6.07, 6.45) is 1.77. The van der Waals surface area contributed by atoms with Crippen LogP contribution in [0.3, 0.4) is 0 Å². The Hall–Kier alpha value is -1.88. The number of carbonyl (C=O) groups is 1. The third-order valence-electron chi connectivity index (χ3n) is 2.89. The van der Waals surface area contributed by atoms with Gasteiger partial charge in [0.05, 0.1) is 24.0 Å². The third-order valence-corrected chi connectivity index (χ3v) is 3.51. The Morgan fingerprint density at radius 1 is 1.35 bits per heavy atom. The predicted molar refractivity (Wildman–Crippen MR) is 84.6 cm³/mol. The molecule has 2 aromatic rings. The third kappa shape index (κ3) is 3.57. The highest BCUT2D eigenvalue weighted by Gasteiger charge is 2.10. The van der Waals surface area contributed by atoms with Crippen LogP contribution in [0.25, 0.3) is 0 Å². The summed E-state index contributed by atoms with van der Waals surface area (Å²) in [4.78, 5) is 16.2. The molecule has 0 aliphatic heterocycles. The predicted octanol–water partition coefficient (Wildman–Crippen LogP) is 3.22. The number of benzene rings is 1. The highest BCUT2D eigenvalue weighted by atomic mass is 79.9. The first-order valence-electron chi connectivity index (χ1n) is 6.22. The van der Waals surface area contributed by atoms with Crippen LogP contribution >= 0.6 is 15.9 Å². The molecule has 1 heterocycles. The lowest BCUT2D eigenvalue weighted by Crippen LogP contribution is -2.16. The van der Waals surface area contributed by atoms with Gasteiger partial charge in [-0.3, -0.25) is 9.78 Å². The van der Waals surface area contributed by atoms with E-state index in [4.69, 9.17) is 5.73 Å². The minimum absolute atomic E-state index is 0.102. The van der Waals surface area contributed by atoms with E-state index in [1.165, 1.54) is 0 Å². The standard InChI is InChI=1S/C15H16BrN3O/c1-9-5-10(2)15(13(16)6-9)19-14(20)7-12-4-3-11(17)8-18-12/h3-6,8H,7,17H2,1-2H3,(H,19,20). The Morgan fingerprint density at radius 2 is 2.10 bits per heavy atom. The van der Waals surface area contributed by atoms with Crippen molar-refractivity contribution < 1.29 is 4.79 Å². The van der Waals surface area contributed by atoms with Gasteiger partial charge in [-0.15, -0.1) is 0 Å². The summed E-state index contributed by atoms with van der Waals surface area (Å²) in [5.41, 5.74) is 9.82. The molecule has 0 fully saturated rings. The first-order valence-corrected chi connectivity index (χ1v) is 7.02. The molecule has 20 heavy (non-hydrogen) atoms. The van der Waals surface area contributed by atoms with Crippen molar-refractivity contribution in [2.75, 3.05) is 11.1 Å². The van der Waals surface area contributed by atoms with Crippen LogP contribution in [0, 0.1) is 13.8 Å². The SMILES string of the molecule is Cc1cc(C)c(NC(=O)Cc2ccc(N)cn2)c(Br)c1. The molecule has 0 aliphatic rings. The molecule has 2 rings (SSSR count). The Morgan fingerprint density at radius 3 is 2.70 bits per heavy atom. The van der Waals surface area contributed by atoms with Gasteiger partial charge in [0.25, 0.3) is 0 Å². The van der Waals surface area contributed by atoms with Crippen molar-refractivity contribution in [3.63, 3.8) is 0 Å². The zero-order chi connectivity index (χ0) is 14.7. The minimum Gasteiger partial charge on any atom is -0.397 e. The van der Waals surface area contributed by atoms with Crippen molar-refractivity contribution in [3.8, 4) is 0 Å². The van der Waals surface area contributed by atoms with Crippen LogP contribution in [0.5, 0.6) is 0 Å². The van der Waals surface area contributed by atoms with Gasteiger partial charge in [-0.25, -0.2) is 0 Å². The molecule has 5 heteroatoms. The Balaban J connectivity index is 2.10. The average molecular weight is 334 g/mol. The average Bonchev–Trinajstić information content (AvgIpc) is 2.36. The lowest BCUT2D eigenvalue weighted by atomic mass is 10.1. The van der Waals surface area contributed by atoms with Crippen molar-refractivity contribution in [1.82, 2.24) is 4.98 Å². The molecular weight excluding hydrogens is 318 g/mol. The fraction of sp³-hybridized carbons (Fsp3) is 0.200. The summed E-state index contributed by atoms with van der Waals surface area (Å²) >= 11 is 3.47. The summed E-state index contributed by atoms with van der Waals surface area (Å²) in [5, 5.41) is 2.91. The normalized spacial score (nSPS) is 10.3. The minimum atomic E-state index is -0.102. The van der Waals surface area contributed by atoms with Gasteiger partial charge in [-0.05, 0) is 59.1 Å². The summed E-state index contributed by atoms with van der Waals surface area (Å²) in [6.45, 7) is 3.98. The van der Waals surface area contributed by atoms with Gasteiger partial charge in [0.15, 0.2) is 0 Å². The molecule has 0 unspecified atom stereocenters. The summed E-state index contributed by atoms with van der Waals surface area (Å²) in [7, 11) is 0. The lowest BCUT2D eigenvalue weighted by Gasteiger charge is -2.11. The number of nitrogens with two attached hydrogens (primary N) is 1. The molecule has 0 saturated carbocycles.